The van der Waals surface area contributed by atoms with Crippen molar-refractivity contribution >= 4 is 51.6 Å². The van der Waals surface area contributed by atoms with Crippen LogP contribution in [0.2, 0.25) is 10.0 Å². The number of hydrogen-bond donors (Lipinski definition) is 4. The molecule has 2 amide bonds. The van der Waals surface area contributed by atoms with Crippen LogP contribution in [0, 0.1) is 0 Å². The molecule has 8 heteroatoms. The quantitative estimate of drug-likeness (QED) is 0.405. The number of carbonyl (C=O) groups excluding carboxylic acids is 2. The molecule has 2 aromatic carbocycles. The minimum Gasteiger partial charge on any atom is -0.506 e. The Morgan fingerprint density at radius 3 is 2.58 bits per heavy atom. The van der Waals surface area contributed by atoms with Crippen molar-refractivity contribution in [3.63, 3.8) is 0 Å². The smallest absolute Gasteiger partial charge is 0.313 e. The minimum atomic E-state index is -0.885. The second kappa shape index (κ2) is 7.68. The highest BCUT2D eigenvalue weighted by Gasteiger charge is 2.15. The van der Waals surface area contributed by atoms with E-state index in [0.717, 1.165) is 16.5 Å². The van der Waals surface area contributed by atoms with Gasteiger partial charge >= 0.3 is 11.8 Å². The fourth-order valence-corrected chi connectivity index (χ4v) is 2.88. The van der Waals surface area contributed by atoms with Crippen molar-refractivity contribution < 1.29 is 14.7 Å². The number of amides is 2. The third kappa shape index (κ3) is 4.09. The molecular formula is C18H15Cl2N3O3. The molecule has 26 heavy (non-hydrogen) atoms. The molecule has 0 saturated carbocycles. The SMILES string of the molecule is O=C(NCCc1c[nH]c2ccc(Cl)cc12)C(=O)Nc1cc(Cl)ccc1O. The van der Waals surface area contributed by atoms with Gasteiger partial charge in [0.15, 0.2) is 0 Å². The molecule has 0 bridgehead atoms. The molecule has 134 valence electrons. The monoisotopic (exact) mass is 391 g/mol. The molecule has 1 aromatic heterocycles. The Kier molecular flexibility index (Phi) is 5.35. The van der Waals surface area contributed by atoms with E-state index in [1.54, 1.807) is 6.07 Å². The number of benzene rings is 2. The number of anilines is 1. The van der Waals surface area contributed by atoms with Gasteiger partial charge in [-0.15, -0.1) is 0 Å². The van der Waals surface area contributed by atoms with Gasteiger partial charge in [0.05, 0.1) is 5.69 Å². The third-order valence-electron chi connectivity index (χ3n) is 3.82. The van der Waals surface area contributed by atoms with E-state index in [1.807, 2.05) is 18.3 Å². The van der Waals surface area contributed by atoms with Crippen LogP contribution in [0.1, 0.15) is 5.56 Å². The van der Waals surface area contributed by atoms with E-state index in [9.17, 15) is 14.7 Å². The van der Waals surface area contributed by atoms with Crippen LogP contribution >= 0.6 is 23.2 Å². The van der Waals surface area contributed by atoms with Crippen LogP contribution < -0.4 is 10.6 Å². The molecule has 1 heterocycles. The summed E-state index contributed by atoms with van der Waals surface area (Å²) in [7, 11) is 0. The zero-order valence-electron chi connectivity index (χ0n) is 13.5. The first kappa shape index (κ1) is 18.1. The van der Waals surface area contributed by atoms with Crippen molar-refractivity contribution in [2.45, 2.75) is 6.42 Å². The van der Waals surface area contributed by atoms with E-state index in [1.165, 1.54) is 18.2 Å². The molecular weight excluding hydrogens is 377 g/mol. The van der Waals surface area contributed by atoms with Crippen LogP contribution in [-0.4, -0.2) is 28.4 Å². The predicted molar refractivity (Wildman–Crippen MR) is 102 cm³/mol. The van der Waals surface area contributed by atoms with Crippen LogP contribution in [0.5, 0.6) is 5.75 Å². The molecule has 4 N–H and O–H groups in total. The van der Waals surface area contributed by atoms with Crippen LogP contribution in [-0.2, 0) is 16.0 Å². The highest BCUT2D eigenvalue weighted by Crippen LogP contribution is 2.26. The summed E-state index contributed by atoms with van der Waals surface area (Å²) in [6, 6.07) is 9.68. The van der Waals surface area contributed by atoms with E-state index >= 15 is 0 Å². The Hall–Kier alpha value is -2.70. The molecule has 0 unspecified atom stereocenters. The molecule has 0 aliphatic heterocycles. The number of aromatic hydroxyl groups is 1. The number of nitrogens with one attached hydrogen (secondary N) is 3. The molecule has 6 nitrogen and oxygen atoms in total. The third-order valence-corrected chi connectivity index (χ3v) is 4.29. The summed E-state index contributed by atoms with van der Waals surface area (Å²) in [6.45, 7) is 0.271. The molecule has 3 aromatic rings. The summed E-state index contributed by atoms with van der Waals surface area (Å²) in [4.78, 5) is 27.0. The molecule has 0 saturated heterocycles. The lowest BCUT2D eigenvalue weighted by atomic mass is 10.1. The predicted octanol–water partition coefficient (Wildman–Crippen LogP) is 3.48. The number of phenols is 1. The number of hydrogen-bond acceptors (Lipinski definition) is 3. The lowest BCUT2D eigenvalue weighted by molar-refractivity contribution is -0.136. The number of halogens is 2. The number of fused-ring (bicyclic) bond motifs is 1. The largest absolute Gasteiger partial charge is 0.506 e. The first-order valence-electron chi connectivity index (χ1n) is 7.77. The van der Waals surface area contributed by atoms with Gasteiger partial charge in [-0.05, 0) is 48.4 Å². The summed E-state index contributed by atoms with van der Waals surface area (Å²) in [5.41, 5.74) is 2.00. The highest BCUT2D eigenvalue weighted by molar-refractivity contribution is 6.40. The number of phenolic OH excluding ortho intramolecular Hbond substituents is 1. The van der Waals surface area contributed by atoms with E-state index in [2.05, 4.69) is 15.6 Å². The number of aromatic nitrogens is 1. The van der Waals surface area contributed by atoms with Gasteiger partial charge in [-0.2, -0.15) is 0 Å². The van der Waals surface area contributed by atoms with E-state index in [4.69, 9.17) is 23.2 Å². The summed E-state index contributed by atoms with van der Waals surface area (Å²) >= 11 is 11.8. The standard InChI is InChI=1S/C18H15Cl2N3O3/c19-11-1-3-14-13(7-11)10(9-22-14)5-6-21-17(25)18(26)23-15-8-12(20)2-4-16(15)24/h1-4,7-9,22,24H,5-6H2,(H,21,25)(H,23,26). The molecule has 0 fully saturated rings. The van der Waals surface area contributed by atoms with Crippen molar-refractivity contribution in [2.24, 2.45) is 0 Å². The number of H-pyrrole nitrogens is 1. The Morgan fingerprint density at radius 1 is 1.04 bits per heavy atom. The van der Waals surface area contributed by atoms with Crippen LogP contribution in [0.4, 0.5) is 5.69 Å². The molecule has 3 rings (SSSR count). The topological polar surface area (TPSA) is 94.2 Å². The zero-order chi connectivity index (χ0) is 18.7. The fraction of sp³-hybridized carbons (Fsp3) is 0.111. The highest BCUT2D eigenvalue weighted by atomic mass is 35.5. The first-order valence-corrected chi connectivity index (χ1v) is 8.53. The maximum absolute atomic E-state index is 11.9. The van der Waals surface area contributed by atoms with Crippen LogP contribution in [0.15, 0.2) is 42.6 Å². The Labute approximate surface area is 159 Å². The Morgan fingerprint density at radius 2 is 1.77 bits per heavy atom. The molecule has 0 radical (unpaired) electrons. The van der Waals surface area contributed by atoms with Gasteiger partial charge in [0.1, 0.15) is 5.75 Å². The number of aromatic amines is 1. The van der Waals surface area contributed by atoms with Gasteiger partial charge in [0.2, 0.25) is 0 Å². The summed E-state index contributed by atoms with van der Waals surface area (Å²) in [5.74, 6) is -1.86. The van der Waals surface area contributed by atoms with Crippen LogP contribution in [0.25, 0.3) is 10.9 Å². The molecule has 0 aliphatic carbocycles. The van der Waals surface area contributed by atoms with Crippen molar-refractivity contribution in [3.05, 3.63) is 58.2 Å². The second-order valence-corrected chi connectivity index (χ2v) is 6.50. The van der Waals surface area contributed by atoms with Gasteiger partial charge in [-0.3, -0.25) is 9.59 Å². The fourth-order valence-electron chi connectivity index (χ4n) is 2.54. The van der Waals surface area contributed by atoms with Crippen molar-refractivity contribution in [2.75, 3.05) is 11.9 Å². The van der Waals surface area contributed by atoms with Crippen molar-refractivity contribution in [3.8, 4) is 5.75 Å². The summed E-state index contributed by atoms with van der Waals surface area (Å²) in [6.07, 6.45) is 2.37. The van der Waals surface area contributed by atoms with Crippen molar-refractivity contribution in [1.82, 2.24) is 10.3 Å². The Bertz CT molecular complexity index is 985. The zero-order valence-corrected chi connectivity index (χ0v) is 15.0. The maximum atomic E-state index is 11.9. The molecule has 0 aliphatic rings. The minimum absolute atomic E-state index is 0.0731. The van der Waals surface area contributed by atoms with Gasteiger partial charge < -0.3 is 20.7 Å². The lowest BCUT2D eigenvalue weighted by Crippen LogP contribution is -2.36. The van der Waals surface area contributed by atoms with Gasteiger partial charge in [0, 0.05) is 33.7 Å². The van der Waals surface area contributed by atoms with Gasteiger partial charge in [-0.25, -0.2) is 0 Å². The van der Waals surface area contributed by atoms with E-state index < -0.39 is 11.8 Å². The molecule has 0 spiro atoms. The normalized spacial score (nSPS) is 10.7. The van der Waals surface area contributed by atoms with E-state index in [0.29, 0.717) is 16.5 Å². The van der Waals surface area contributed by atoms with Gasteiger partial charge in [-0.1, -0.05) is 23.2 Å². The average molecular weight is 392 g/mol. The summed E-state index contributed by atoms with van der Waals surface area (Å²) in [5, 5.41) is 16.5. The average Bonchev–Trinajstić information content (AvgIpc) is 3.00. The summed E-state index contributed by atoms with van der Waals surface area (Å²) < 4.78 is 0. The number of carbonyl (C=O) groups is 2. The Balaban J connectivity index is 1.57. The maximum Gasteiger partial charge on any atom is 0.313 e. The van der Waals surface area contributed by atoms with Crippen LogP contribution in [0.3, 0.4) is 0 Å². The van der Waals surface area contributed by atoms with Gasteiger partial charge in [0.25, 0.3) is 0 Å². The molecule has 0 atom stereocenters. The van der Waals surface area contributed by atoms with E-state index in [-0.39, 0.29) is 18.0 Å². The number of rotatable bonds is 4. The first-order chi connectivity index (χ1) is 12.4. The van der Waals surface area contributed by atoms with Crippen molar-refractivity contribution in [1.29, 1.82) is 0 Å². The second-order valence-electron chi connectivity index (χ2n) is 5.63. The lowest BCUT2D eigenvalue weighted by Gasteiger charge is -2.08.